The molecule has 0 atom stereocenters. The van der Waals surface area contributed by atoms with Crippen molar-refractivity contribution in [3.63, 3.8) is 0 Å². The van der Waals surface area contributed by atoms with Gasteiger partial charge in [0.05, 0.1) is 6.42 Å². The van der Waals surface area contributed by atoms with Gasteiger partial charge in [0.1, 0.15) is 0 Å². The molecule has 0 fully saturated rings. The van der Waals surface area contributed by atoms with E-state index in [4.69, 9.17) is 5.11 Å². The average Bonchev–Trinajstić information content (AvgIpc) is 2.26. The number of carboxylic acid groups (broad SMARTS) is 1. The zero-order valence-electron chi connectivity index (χ0n) is 11.7. The number of aryl methyl sites for hydroxylation is 2. The smallest absolute Gasteiger partial charge is 0.304 e. The molecule has 0 bridgehead atoms. The summed E-state index contributed by atoms with van der Waals surface area (Å²) in [6, 6.07) is 6.63. The van der Waals surface area contributed by atoms with Crippen LogP contribution in [0.3, 0.4) is 0 Å². The molecule has 0 aliphatic heterocycles. The van der Waals surface area contributed by atoms with Gasteiger partial charge >= 0.3 is 5.97 Å². The van der Waals surface area contributed by atoms with Gasteiger partial charge in [0.15, 0.2) is 0 Å². The summed E-state index contributed by atoms with van der Waals surface area (Å²) in [5, 5.41) is 8.79. The van der Waals surface area contributed by atoms with Gasteiger partial charge in [-0.05, 0) is 44.4 Å². The summed E-state index contributed by atoms with van der Waals surface area (Å²) < 4.78 is 0. The van der Waals surface area contributed by atoms with Crippen LogP contribution in [0.5, 0.6) is 0 Å². The topological polar surface area (TPSA) is 40.5 Å². The summed E-state index contributed by atoms with van der Waals surface area (Å²) in [6.07, 6.45) is 0.198. The monoisotopic (exact) mass is 249 g/mol. The van der Waals surface area contributed by atoms with E-state index < -0.39 is 5.97 Å². The van der Waals surface area contributed by atoms with Crippen LogP contribution in [0, 0.1) is 13.8 Å². The minimum Gasteiger partial charge on any atom is -0.481 e. The summed E-state index contributed by atoms with van der Waals surface area (Å²) in [7, 11) is 0. The van der Waals surface area contributed by atoms with Crippen LogP contribution in [0.15, 0.2) is 18.2 Å². The van der Waals surface area contributed by atoms with Crippen molar-refractivity contribution >= 4 is 5.97 Å². The third-order valence-electron chi connectivity index (χ3n) is 3.35. The Morgan fingerprint density at radius 3 is 2.28 bits per heavy atom. The minimum absolute atomic E-state index is 0.198. The number of benzene rings is 1. The molecule has 0 heterocycles. The summed E-state index contributed by atoms with van der Waals surface area (Å²) in [6.45, 7) is 9.85. The maximum atomic E-state index is 10.7. The number of nitrogens with zero attached hydrogens (tertiary/aromatic N) is 1. The van der Waals surface area contributed by atoms with Gasteiger partial charge in [-0.1, -0.05) is 18.2 Å². The number of hydrogen-bond acceptors (Lipinski definition) is 2. The first-order valence-electron chi connectivity index (χ1n) is 6.42. The van der Waals surface area contributed by atoms with Crippen LogP contribution < -0.4 is 0 Å². The SMILES string of the molecule is Cc1cccc(C)c1CN(CCC(=O)O)C(C)C. The fourth-order valence-electron chi connectivity index (χ4n) is 2.06. The van der Waals surface area contributed by atoms with E-state index in [1.165, 1.54) is 16.7 Å². The molecule has 0 radical (unpaired) electrons. The van der Waals surface area contributed by atoms with Gasteiger partial charge in [-0.2, -0.15) is 0 Å². The highest BCUT2D eigenvalue weighted by Gasteiger charge is 2.14. The van der Waals surface area contributed by atoms with Crippen molar-refractivity contribution in [1.82, 2.24) is 4.90 Å². The van der Waals surface area contributed by atoms with E-state index in [0.29, 0.717) is 12.6 Å². The predicted molar refractivity (Wildman–Crippen MR) is 73.7 cm³/mol. The van der Waals surface area contributed by atoms with Crippen LogP contribution in [0.2, 0.25) is 0 Å². The van der Waals surface area contributed by atoms with Crippen molar-refractivity contribution in [2.45, 2.75) is 46.7 Å². The quantitative estimate of drug-likeness (QED) is 0.842. The van der Waals surface area contributed by atoms with Gasteiger partial charge in [-0.3, -0.25) is 9.69 Å². The standard InChI is InChI=1S/C15H23NO2/c1-11(2)16(9-8-15(17)18)10-14-12(3)6-5-7-13(14)4/h5-7,11H,8-10H2,1-4H3,(H,17,18). The molecule has 0 amide bonds. The number of hydrogen-bond donors (Lipinski definition) is 1. The van der Waals surface area contributed by atoms with Crippen LogP contribution in [0.1, 0.15) is 37.0 Å². The Bertz CT molecular complexity index is 393. The molecule has 0 spiro atoms. The zero-order valence-corrected chi connectivity index (χ0v) is 11.7. The first-order chi connectivity index (χ1) is 8.41. The Labute approximate surface area is 109 Å². The number of carboxylic acids is 1. The largest absolute Gasteiger partial charge is 0.481 e. The molecule has 0 aliphatic carbocycles. The Hall–Kier alpha value is -1.35. The zero-order chi connectivity index (χ0) is 13.7. The molecular formula is C15H23NO2. The van der Waals surface area contributed by atoms with E-state index in [-0.39, 0.29) is 6.42 Å². The molecule has 18 heavy (non-hydrogen) atoms. The van der Waals surface area contributed by atoms with E-state index >= 15 is 0 Å². The summed E-state index contributed by atoms with van der Waals surface area (Å²) in [5.41, 5.74) is 3.86. The number of aliphatic carboxylic acids is 1. The Morgan fingerprint density at radius 1 is 1.28 bits per heavy atom. The highest BCUT2D eigenvalue weighted by atomic mass is 16.4. The second-order valence-corrected chi connectivity index (χ2v) is 5.08. The third kappa shape index (κ3) is 4.15. The van der Waals surface area contributed by atoms with Crippen LogP contribution in [0.4, 0.5) is 0 Å². The molecular weight excluding hydrogens is 226 g/mol. The first kappa shape index (κ1) is 14.7. The fraction of sp³-hybridized carbons (Fsp3) is 0.533. The lowest BCUT2D eigenvalue weighted by molar-refractivity contribution is -0.137. The van der Waals surface area contributed by atoms with Gasteiger partial charge in [-0.15, -0.1) is 0 Å². The maximum Gasteiger partial charge on any atom is 0.304 e. The lowest BCUT2D eigenvalue weighted by Crippen LogP contribution is -2.32. The van der Waals surface area contributed by atoms with Crippen molar-refractivity contribution in [3.8, 4) is 0 Å². The van der Waals surface area contributed by atoms with Crippen molar-refractivity contribution in [2.24, 2.45) is 0 Å². The second-order valence-electron chi connectivity index (χ2n) is 5.08. The van der Waals surface area contributed by atoms with Gasteiger partial charge in [0, 0.05) is 19.1 Å². The van der Waals surface area contributed by atoms with Gasteiger partial charge in [0.25, 0.3) is 0 Å². The van der Waals surface area contributed by atoms with E-state index in [9.17, 15) is 4.79 Å². The molecule has 3 nitrogen and oxygen atoms in total. The molecule has 100 valence electrons. The minimum atomic E-state index is -0.734. The van der Waals surface area contributed by atoms with Crippen LogP contribution in [-0.2, 0) is 11.3 Å². The number of rotatable bonds is 6. The molecule has 0 unspecified atom stereocenters. The molecule has 0 saturated carbocycles. The van der Waals surface area contributed by atoms with E-state index in [1.54, 1.807) is 0 Å². The van der Waals surface area contributed by atoms with E-state index in [2.05, 4.69) is 50.8 Å². The second kappa shape index (κ2) is 6.55. The average molecular weight is 249 g/mol. The molecule has 1 aromatic rings. The molecule has 1 N–H and O–H groups in total. The Balaban J connectivity index is 2.80. The van der Waals surface area contributed by atoms with Gasteiger partial charge < -0.3 is 5.11 Å². The van der Waals surface area contributed by atoms with Gasteiger partial charge in [0.2, 0.25) is 0 Å². The lowest BCUT2D eigenvalue weighted by atomic mass is 10.0. The van der Waals surface area contributed by atoms with Crippen molar-refractivity contribution in [1.29, 1.82) is 0 Å². The normalized spacial score (nSPS) is 11.2. The summed E-state index contributed by atoms with van der Waals surface area (Å²) in [4.78, 5) is 12.9. The lowest BCUT2D eigenvalue weighted by Gasteiger charge is -2.27. The van der Waals surface area contributed by atoms with E-state index in [1.807, 2.05) is 0 Å². The maximum absolute atomic E-state index is 10.7. The molecule has 0 aromatic heterocycles. The van der Waals surface area contributed by atoms with Gasteiger partial charge in [-0.25, -0.2) is 0 Å². The number of carbonyl (C=O) groups is 1. The molecule has 0 aliphatic rings. The Kier molecular flexibility index (Phi) is 5.35. The van der Waals surface area contributed by atoms with Crippen LogP contribution >= 0.6 is 0 Å². The molecule has 0 saturated heterocycles. The van der Waals surface area contributed by atoms with Crippen LogP contribution in [0.25, 0.3) is 0 Å². The van der Waals surface area contributed by atoms with Crippen molar-refractivity contribution in [2.75, 3.05) is 6.54 Å². The first-order valence-corrected chi connectivity index (χ1v) is 6.42. The summed E-state index contributed by atoms with van der Waals surface area (Å²) in [5.74, 6) is -0.734. The fourth-order valence-corrected chi connectivity index (χ4v) is 2.06. The highest BCUT2D eigenvalue weighted by Crippen LogP contribution is 2.17. The highest BCUT2D eigenvalue weighted by molar-refractivity contribution is 5.66. The predicted octanol–water partition coefficient (Wildman–Crippen LogP) is 2.99. The molecule has 1 aromatic carbocycles. The van der Waals surface area contributed by atoms with E-state index in [0.717, 1.165) is 6.54 Å². The Morgan fingerprint density at radius 2 is 1.83 bits per heavy atom. The van der Waals surface area contributed by atoms with Crippen LogP contribution in [-0.4, -0.2) is 28.6 Å². The van der Waals surface area contributed by atoms with Crippen molar-refractivity contribution in [3.05, 3.63) is 34.9 Å². The van der Waals surface area contributed by atoms with Crippen molar-refractivity contribution < 1.29 is 9.90 Å². The molecule has 3 heteroatoms. The molecule has 1 rings (SSSR count). The summed E-state index contributed by atoms with van der Waals surface area (Å²) >= 11 is 0. The third-order valence-corrected chi connectivity index (χ3v) is 3.35.